The van der Waals surface area contributed by atoms with Crippen molar-refractivity contribution >= 4 is 40.4 Å². The number of benzene rings is 1. The number of anilines is 2. The standard InChI is InChI=1S/C20H24N4O3S/c1-13(25)22-12-17-6-7-18(28-17)20(27)23-15-2-4-16(5-3-15)24-10-8-14(9-11-24)19(21)26/h2-7,14H,8-12H2,1H3,(H2,21,26)(H,22,25)(H,23,27). The van der Waals surface area contributed by atoms with Crippen molar-refractivity contribution < 1.29 is 14.4 Å². The van der Waals surface area contributed by atoms with Crippen LogP contribution in [0.3, 0.4) is 0 Å². The van der Waals surface area contributed by atoms with Crippen molar-refractivity contribution in [1.29, 1.82) is 0 Å². The monoisotopic (exact) mass is 400 g/mol. The summed E-state index contributed by atoms with van der Waals surface area (Å²) >= 11 is 1.36. The van der Waals surface area contributed by atoms with Crippen molar-refractivity contribution in [3.8, 4) is 0 Å². The van der Waals surface area contributed by atoms with E-state index < -0.39 is 0 Å². The van der Waals surface area contributed by atoms with Crippen LogP contribution < -0.4 is 21.3 Å². The number of nitrogens with zero attached hydrogens (tertiary/aromatic N) is 1. The van der Waals surface area contributed by atoms with E-state index >= 15 is 0 Å². The fraction of sp³-hybridized carbons (Fsp3) is 0.350. The van der Waals surface area contributed by atoms with Crippen LogP contribution >= 0.6 is 11.3 Å². The Labute approximate surface area is 167 Å². The Morgan fingerprint density at radius 3 is 2.39 bits per heavy atom. The molecule has 0 atom stereocenters. The maximum Gasteiger partial charge on any atom is 0.265 e. The first-order valence-electron chi connectivity index (χ1n) is 9.21. The van der Waals surface area contributed by atoms with E-state index in [9.17, 15) is 14.4 Å². The number of piperidine rings is 1. The van der Waals surface area contributed by atoms with E-state index in [0.717, 1.165) is 42.2 Å². The van der Waals surface area contributed by atoms with Crippen LogP contribution in [0.2, 0.25) is 0 Å². The molecule has 0 saturated carbocycles. The van der Waals surface area contributed by atoms with Crippen molar-refractivity contribution in [2.24, 2.45) is 11.7 Å². The minimum absolute atomic E-state index is 0.0313. The predicted octanol–water partition coefficient (Wildman–Crippen LogP) is 2.34. The summed E-state index contributed by atoms with van der Waals surface area (Å²) in [6, 6.07) is 11.3. The molecule has 1 aliphatic heterocycles. The number of carbonyl (C=O) groups is 3. The molecule has 8 heteroatoms. The summed E-state index contributed by atoms with van der Waals surface area (Å²) in [6.07, 6.45) is 1.54. The number of nitrogens with one attached hydrogen (secondary N) is 2. The SMILES string of the molecule is CC(=O)NCc1ccc(C(=O)Nc2ccc(N3CCC(C(N)=O)CC3)cc2)s1. The lowest BCUT2D eigenvalue weighted by atomic mass is 9.96. The van der Waals surface area contributed by atoms with Crippen molar-refractivity contribution in [3.63, 3.8) is 0 Å². The smallest absolute Gasteiger partial charge is 0.265 e. The van der Waals surface area contributed by atoms with Gasteiger partial charge < -0.3 is 21.3 Å². The van der Waals surface area contributed by atoms with Gasteiger partial charge in [0.05, 0.1) is 11.4 Å². The van der Waals surface area contributed by atoms with Gasteiger partial charge in [-0.2, -0.15) is 0 Å². The van der Waals surface area contributed by atoms with Gasteiger partial charge in [0.2, 0.25) is 11.8 Å². The molecule has 2 aromatic rings. The number of primary amides is 1. The highest BCUT2D eigenvalue weighted by Gasteiger charge is 2.23. The zero-order valence-electron chi connectivity index (χ0n) is 15.7. The lowest BCUT2D eigenvalue weighted by Gasteiger charge is -2.32. The molecule has 4 N–H and O–H groups in total. The van der Waals surface area contributed by atoms with Crippen molar-refractivity contribution in [1.82, 2.24) is 5.32 Å². The first kappa shape index (κ1) is 19.9. The number of carbonyl (C=O) groups excluding carboxylic acids is 3. The number of hydrogen-bond donors (Lipinski definition) is 3. The molecule has 2 heterocycles. The number of nitrogens with two attached hydrogens (primary N) is 1. The predicted molar refractivity (Wildman–Crippen MR) is 110 cm³/mol. The van der Waals surface area contributed by atoms with Gasteiger partial charge in [-0.15, -0.1) is 11.3 Å². The summed E-state index contributed by atoms with van der Waals surface area (Å²) in [5, 5.41) is 5.61. The fourth-order valence-electron chi connectivity index (χ4n) is 3.18. The fourth-order valence-corrected chi connectivity index (χ4v) is 4.02. The second-order valence-corrected chi connectivity index (χ2v) is 8.01. The van der Waals surface area contributed by atoms with Gasteiger partial charge in [-0.25, -0.2) is 0 Å². The highest BCUT2D eigenvalue weighted by molar-refractivity contribution is 7.14. The van der Waals surface area contributed by atoms with Crippen molar-refractivity contribution in [2.75, 3.05) is 23.3 Å². The third-order valence-electron chi connectivity index (χ3n) is 4.78. The largest absolute Gasteiger partial charge is 0.371 e. The molecule has 1 fully saturated rings. The van der Waals surface area contributed by atoms with E-state index in [-0.39, 0.29) is 23.6 Å². The Morgan fingerprint density at radius 1 is 1.11 bits per heavy atom. The minimum Gasteiger partial charge on any atom is -0.371 e. The molecule has 148 valence electrons. The molecule has 0 aliphatic carbocycles. The molecule has 3 amide bonds. The lowest BCUT2D eigenvalue weighted by Crippen LogP contribution is -2.38. The first-order chi connectivity index (χ1) is 13.4. The van der Waals surface area contributed by atoms with E-state index in [2.05, 4.69) is 15.5 Å². The molecule has 0 radical (unpaired) electrons. The summed E-state index contributed by atoms with van der Waals surface area (Å²) in [5.41, 5.74) is 7.17. The zero-order chi connectivity index (χ0) is 20.1. The molecule has 3 rings (SSSR count). The number of amides is 3. The van der Waals surface area contributed by atoms with E-state index in [1.165, 1.54) is 18.3 Å². The van der Waals surface area contributed by atoms with Crippen LogP contribution in [0.4, 0.5) is 11.4 Å². The Morgan fingerprint density at radius 2 is 1.79 bits per heavy atom. The highest BCUT2D eigenvalue weighted by Crippen LogP contribution is 2.25. The molecule has 1 aliphatic rings. The van der Waals surface area contributed by atoms with Gasteiger partial charge in [0.1, 0.15) is 0 Å². The number of thiophene rings is 1. The average Bonchev–Trinajstić information content (AvgIpc) is 3.16. The van der Waals surface area contributed by atoms with Gasteiger partial charge in [0.15, 0.2) is 0 Å². The van der Waals surface area contributed by atoms with Crippen LogP contribution in [0.25, 0.3) is 0 Å². The van der Waals surface area contributed by atoms with Crippen molar-refractivity contribution in [2.45, 2.75) is 26.3 Å². The topological polar surface area (TPSA) is 105 Å². The van der Waals surface area contributed by atoms with E-state index in [1.54, 1.807) is 6.07 Å². The summed E-state index contributed by atoms with van der Waals surface area (Å²) in [5.74, 6) is -0.518. The summed E-state index contributed by atoms with van der Waals surface area (Å²) < 4.78 is 0. The molecular weight excluding hydrogens is 376 g/mol. The lowest BCUT2D eigenvalue weighted by molar-refractivity contribution is -0.122. The highest BCUT2D eigenvalue weighted by atomic mass is 32.1. The number of hydrogen-bond acceptors (Lipinski definition) is 5. The summed E-state index contributed by atoms with van der Waals surface area (Å²) in [6.45, 7) is 3.48. The van der Waals surface area contributed by atoms with Gasteiger partial charge >= 0.3 is 0 Å². The van der Waals surface area contributed by atoms with Gasteiger partial charge in [0.25, 0.3) is 5.91 Å². The molecule has 0 spiro atoms. The molecule has 0 bridgehead atoms. The quantitative estimate of drug-likeness (QED) is 0.692. The number of rotatable bonds is 6. The van der Waals surface area contributed by atoms with Crippen LogP contribution in [0.5, 0.6) is 0 Å². The molecular formula is C20H24N4O3S. The normalized spacial score (nSPS) is 14.5. The van der Waals surface area contributed by atoms with Crippen LogP contribution in [0.15, 0.2) is 36.4 Å². The van der Waals surface area contributed by atoms with E-state index in [1.807, 2.05) is 30.3 Å². The Bertz CT molecular complexity index is 855. The van der Waals surface area contributed by atoms with Crippen LogP contribution in [-0.4, -0.2) is 30.8 Å². The Hall–Kier alpha value is -2.87. The maximum atomic E-state index is 12.4. The van der Waals surface area contributed by atoms with Gasteiger partial charge in [0, 0.05) is 42.2 Å². The Kier molecular flexibility index (Phi) is 6.30. The average molecular weight is 401 g/mol. The minimum atomic E-state index is -0.216. The van der Waals surface area contributed by atoms with Crippen LogP contribution in [0.1, 0.15) is 34.3 Å². The third kappa shape index (κ3) is 5.10. The maximum absolute atomic E-state index is 12.4. The first-order valence-corrected chi connectivity index (χ1v) is 10.0. The Balaban J connectivity index is 1.55. The van der Waals surface area contributed by atoms with Gasteiger partial charge in [-0.05, 0) is 49.2 Å². The molecule has 1 aromatic carbocycles. The molecule has 1 aromatic heterocycles. The van der Waals surface area contributed by atoms with E-state index in [4.69, 9.17) is 5.73 Å². The summed E-state index contributed by atoms with van der Waals surface area (Å²) in [7, 11) is 0. The van der Waals surface area contributed by atoms with Crippen LogP contribution in [-0.2, 0) is 16.1 Å². The van der Waals surface area contributed by atoms with Crippen molar-refractivity contribution in [3.05, 3.63) is 46.2 Å². The molecule has 7 nitrogen and oxygen atoms in total. The second-order valence-electron chi connectivity index (χ2n) is 6.84. The zero-order valence-corrected chi connectivity index (χ0v) is 16.6. The van der Waals surface area contributed by atoms with Crippen LogP contribution in [0, 0.1) is 5.92 Å². The molecule has 0 unspecified atom stereocenters. The third-order valence-corrected chi connectivity index (χ3v) is 5.87. The second kappa shape index (κ2) is 8.88. The van der Waals surface area contributed by atoms with Gasteiger partial charge in [-0.3, -0.25) is 14.4 Å². The molecule has 1 saturated heterocycles. The summed E-state index contributed by atoms with van der Waals surface area (Å²) in [4.78, 5) is 38.4. The molecule has 28 heavy (non-hydrogen) atoms. The van der Waals surface area contributed by atoms with E-state index in [0.29, 0.717) is 11.4 Å². The van der Waals surface area contributed by atoms with Gasteiger partial charge in [-0.1, -0.05) is 0 Å².